The lowest BCUT2D eigenvalue weighted by atomic mass is 10.0. The molecule has 0 spiro atoms. The van der Waals surface area contributed by atoms with E-state index in [4.69, 9.17) is 4.52 Å². The Bertz CT molecular complexity index is 977. The molecule has 3 heterocycles. The molecular weight excluding hydrogens is 356 g/mol. The van der Waals surface area contributed by atoms with Crippen molar-refractivity contribution in [2.75, 3.05) is 26.2 Å². The zero-order valence-electron chi connectivity index (χ0n) is 15.5. The summed E-state index contributed by atoms with van der Waals surface area (Å²) in [6.45, 7) is 3.62. The highest BCUT2D eigenvalue weighted by Crippen LogP contribution is 2.26. The third-order valence-corrected chi connectivity index (χ3v) is 4.89. The number of nitrogens with zero attached hydrogens (tertiary/aromatic N) is 4. The minimum atomic E-state index is -0.119. The van der Waals surface area contributed by atoms with Crippen LogP contribution in [0.3, 0.4) is 0 Å². The lowest BCUT2D eigenvalue weighted by molar-refractivity contribution is 0.0534. The largest absolute Gasteiger partial charge is 0.360 e. The maximum absolute atomic E-state index is 13.1. The van der Waals surface area contributed by atoms with E-state index in [9.17, 15) is 9.59 Å². The predicted molar refractivity (Wildman–Crippen MR) is 103 cm³/mol. The first-order chi connectivity index (χ1) is 13.6. The van der Waals surface area contributed by atoms with Crippen LogP contribution in [0.1, 0.15) is 26.5 Å². The first-order valence-corrected chi connectivity index (χ1v) is 9.15. The normalized spacial score (nSPS) is 14.2. The number of hydrogen-bond donors (Lipinski definition) is 0. The monoisotopic (exact) mass is 376 g/mol. The third kappa shape index (κ3) is 3.38. The highest BCUT2D eigenvalue weighted by molar-refractivity contribution is 6.01. The van der Waals surface area contributed by atoms with Gasteiger partial charge in [-0.15, -0.1) is 0 Å². The molecule has 1 aromatic carbocycles. The van der Waals surface area contributed by atoms with Crippen LogP contribution in [-0.2, 0) is 0 Å². The molecule has 4 rings (SSSR count). The highest BCUT2D eigenvalue weighted by Gasteiger charge is 2.30. The number of carbonyl (C=O) groups is 2. The number of pyridine rings is 1. The van der Waals surface area contributed by atoms with E-state index in [1.165, 1.54) is 0 Å². The molecule has 0 bridgehead atoms. The van der Waals surface area contributed by atoms with Gasteiger partial charge in [0.1, 0.15) is 17.0 Å². The van der Waals surface area contributed by atoms with Crippen molar-refractivity contribution in [3.63, 3.8) is 0 Å². The Kier molecular flexibility index (Phi) is 4.89. The minimum Gasteiger partial charge on any atom is -0.360 e. The maximum Gasteiger partial charge on any atom is 0.259 e. The summed E-state index contributed by atoms with van der Waals surface area (Å²) in [6.07, 6.45) is 3.20. The molecule has 7 nitrogen and oxygen atoms in total. The summed E-state index contributed by atoms with van der Waals surface area (Å²) in [7, 11) is 0. The molecule has 28 heavy (non-hydrogen) atoms. The summed E-state index contributed by atoms with van der Waals surface area (Å²) < 4.78 is 5.31. The second-order valence-corrected chi connectivity index (χ2v) is 6.65. The van der Waals surface area contributed by atoms with E-state index in [1.807, 2.05) is 30.3 Å². The van der Waals surface area contributed by atoms with E-state index in [0.717, 1.165) is 5.56 Å². The van der Waals surface area contributed by atoms with E-state index in [1.54, 1.807) is 41.2 Å². The number of aryl methyl sites for hydroxylation is 1. The van der Waals surface area contributed by atoms with E-state index < -0.39 is 0 Å². The van der Waals surface area contributed by atoms with Crippen molar-refractivity contribution in [3.05, 3.63) is 71.7 Å². The van der Waals surface area contributed by atoms with Gasteiger partial charge in [-0.3, -0.25) is 14.6 Å². The van der Waals surface area contributed by atoms with Crippen LogP contribution in [0.5, 0.6) is 0 Å². The van der Waals surface area contributed by atoms with Crippen molar-refractivity contribution >= 4 is 11.8 Å². The van der Waals surface area contributed by atoms with Crippen LogP contribution < -0.4 is 0 Å². The van der Waals surface area contributed by atoms with Crippen LogP contribution in [0.25, 0.3) is 11.3 Å². The van der Waals surface area contributed by atoms with Crippen LogP contribution in [0.15, 0.2) is 59.4 Å². The molecule has 0 radical (unpaired) electrons. The molecule has 1 aliphatic heterocycles. The van der Waals surface area contributed by atoms with Gasteiger partial charge in [-0.05, 0) is 19.1 Å². The summed E-state index contributed by atoms with van der Waals surface area (Å²) in [4.78, 5) is 33.2. The second kappa shape index (κ2) is 7.64. The Labute approximate surface area is 162 Å². The Morgan fingerprint density at radius 1 is 0.929 bits per heavy atom. The molecule has 0 saturated carbocycles. The van der Waals surface area contributed by atoms with Crippen LogP contribution in [-0.4, -0.2) is 57.9 Å². The number of rotatable bonds is 3. The summed E-state index contributed by atoms with van der Waals surface area (Å²) in [6, 6.07) is 13.0. The summed E-state index contributed by atoms with van der Waals surface area (Å²) in [5.74, 6) is 0.315. The molecule has 0 atom stereocenters. The van der Waals surface area contributed by atoms with Crippen molar-refractivity contribution in [1.29, 1.82) is 0 Å². The van der Waals surface area contributed by atoms with Gasteiger partial charge < -0.3 is 14.3 Å². The Balaban J connectivity index is 1.48. The maximum atomic E-state index is 13.1. The Hall–Kier alpha value is -3.48. The van der Waals surface area contributed by atoms with E-state index in [0.29, 0.717) is 48.8 Å². The zero-order chi connectivity index (χ0) is 19.5. The summed E-state index contributed by atoms with van der Waals surface area (Å²) in [5, 5.41) is 4.09. The van der Waals surface area contributed by atoms with Crippen molar-refractivity contribution in [2.45, 2.75) is 6.92 Å². The molecule has 7 heteroatoms. The number of amides is 2. The van der Waals surface area contributed by atoms with E-state index in [2.05, 4.69) is 10.1 Å². The average Bonchev–Trinajstić information content (AvgIpc) is 3.15. The molecule has 0 aliphatic carbocycles. The number of benzene rings is 1. The minimum absolute atomic E-state index is 0.0636. The van der Waals surface area contributed by atoms with Gasteiger partial charge >= 0.3 is 0 Å². The fraction of sp³-hybridized carbons (Fsp3) is 0.238. The van der Waals surface area contributed by atoms with E-state index >= 15 is 0 Å². The molecule has 0 N–H and O–H groups in total. The molecule has 1 saturated heterocycles. The SMILES string of the molecule is Cc1onc(-c2ccccc2)c1C(=O)N1CCN(C(=O)c2cccnc2)CC1. The van der Waals surface area contributed by atoms with Gasteiger partial charge in [-0.2, -0.15) is 0 Å². The molecule has 3 aromatic rings. The average molecular weight is 376 g/mol. The lowest BCUT2D eigenvalue weighted by Gasteiger charge is -2.34. The molecule has 142 valence electrons. The molecular formula is C21H20N4O3. The van der Waals surface area contributed by atoms with Gasteiger partial charge in [-0.1, -0.05) is 35.5 Å². The number of piperazine rings is 1. The van der Waals surface area contributed by atoms with E-state index in [-0.39, 0.29) is 11.8 Å². The summed E-state index contributed by atoms with van der Waals surface area (Å²) in [5.41, 5.74) is 2.44. The van der Waals surface area contributed by atoms with Gasteiger partial charge in [0.05, 0.1) is 5.56 Å². The Morgan fingerprint density at radius 3 is 2.25 bits per heavy atom. The summed E-state index contributed by atoms with van der Waals surface area (Å²) >= 11 is 0. The first kappa shape index (κ1) is 17.9. The van der Waals surface area contributed by atoms with Crippen LogP contribution in [0.2, 0.25) is 0 Å². The van der Waals surface area contributed by atoms with Crippen LogP contribution >= 0.6 is 0 Å². The standard InChI is InChI=1S/C21H20N4O3/c1-15-18(19(23-28-15)16-6-3-2-4-7-16)21(27)25-12-10-24(11-13-25)20(26)17-8-5-9-22-14-17/h2-9,14H,10-13H2,1H3. The predicted octanol–water partition coefficient (Wildman–Crippen LogP) is 2.64. The number of hydrogen-bond acceptors (Lipinski definition) is 5. The van der Waals surface area contributed by atoms with Crippen LogP contribution in [0.4, 0.5) is 0 Å². The smallest absolute Gasteiger partial charge is 0.259 e. The second-order valence-electron chi connectivity index (χ2n) is 6.65. The molecule has 1 aliphatic rings. The van der Waals surface area contributed by atoms with Crippen LogP contribution in [0, 0.1) is 6.92 Å². The van der Waals surface area contributed by atoms with Gasteiger partial charge in [0.15, 0.2) is 0 Å². The van der Waals surface area contributed by atoms with Gasteiger partial charge in [0.25, 0.3) is 11.8 Å². The van der Waals surface area contributed by atoms with Gasteiger partial charge in [0.2, 0.25) is 0 Å². The van der Waals surface area contributed by atoms with Crippen molar-refractivity contribution in [1.82, 2.24) is 19.9 Å². The topological polar surface area (TPSA) is 79.5 Å². The fourth-order valence-electron chi connectivity index (χ4n) is 3.36. The first-order valence-electron chi connectivity index (χ1n) is 9.15. The van der Waals surface area contributed by atoms with Gasteiger partial charge in [-0.25, -0.2) is 0 Å². The van der Waals surface area contributed by atoms with Crippen molar-refractivity contribution in [3.8, 4) is 11.3 Å². The number of aromatic nitrogens is 2. The van der Waals surface area contributed by atoms with Crippen molar-refractivity contribution < 1.29 is 14.1 Å². The fourth-order valence-corrected chi connectivity index (χ4v) is 3.36. The van der Waals surface area contributed by atoms with Gasteiger partial charge in [0, 0.05) is 44.1 Å². The molecule has 0 unspecified atom stereocenters. The Morgan fingerprint density at radius 2 is 1.61 bits per heavy atom. The third-order valence-electron chi connectivity index (χ3n) is 4.89. The highest BCUT2D eigenvalue weighted by atomic mass is 16.5. The van der Waals surface area contributed by atoms with Crippen molar-refractivity contribution in [2.24, 2.45) is 0 Å². The quantitative estimate of drug-likeness (QED) is 0.702. The molecule has 1 fully saturated rings. The number of carbonyl (C=O) groups excluding carboxylic acids is 2. The molecule has 2 amide bonds. The zero-order valence-corrected chi connectivity index (χ0v) is 15.5. The lowest BCUT2D eigenvalue weighted by Crippen LogP contribution is -2.50. The molecule has 2 aromatic heterocycles.